The summed E-state index contributed by atoms with van der Waals surface area (Å²) < 4.78 is 17.4. The first-order valence-corrected chi connectivity index (χ1v) is 25.8. The Morgan fingerprint density at radius 1 is 0.383 bits per heavy atom. The minimum absolute atomic E-state index is 0.0767. The monoisotopic (exact) mass is 839 g/mol. The first-order valence-electron chi connectivity index (χ1n) is 25.8. The summed E-state index contributed by atoms with van der Waals surface area (Å²) in [5.74, 6) is -0.410. The fourth-order valence-electron chi connectivity index (χ4n) is 7.20. The molecule has 0 aliphatic carbocycles. The molecule has 5 nitrogen and oxygen atoms in total. The predicted molar refractivity (Wildman–Crippen MR) is 261 cm³/mol. The molecular weight excluding hydrogens is 741 g/mol. The third-order valence-corrected chi connectivity index (χ3v) is 11.0. The van der Waals surface area contributed by atoms with Crippen molar-refractivity contribution in [1.29, 1.82) is 0 Å². The van der Waals surface area contributed by atoms with Crippen LogP contribution in [0.15, 0.2) is 60.8 Å². The number of unbranched alkanes of at least 4 members (excludes halogenated alkanes) is 26. The van der Waals surface area contributed by atoms with E-state index in [1.54, 1.807) is 0 Å². The molecule has 0 aliphatic rings. The van der Waals surface area contributed by atoms with Crippen molar-refractivity contribution in [3.8, 4) is 0 Å². The number of ether oxygens (including phenoxy) is 3. The molecule has 0 aromatic rings. The predicted octanol–water partition coefficient (Wildman–Crippen LogP) is 17.3. The number of hydrogen-bond donors (Lipinski definition) is 0. The maximum Gasteiger partial charge on any atom is 0.306 e. The molecule has 60 heavy (non-hydrogen) atoms. The lowest BCUT2D eigenvalue weighted by Crippen LogP contribution is -2.30. The van der Waals surface area contributed by atoms with Gasteiger partial charge in [-0.1, -0.05) is 216 Å². The van der Waals surface area contributed by atoms with Crippen LogP contribution in [-0.2, 0) is 23.8 Å². The summed E-state index contributed by atoms with van der Waals surface area (Å²) in [7, 11) is 0. The highest BCUT2D eigenvalue weighted by Crippen LogP contribution is 2.14. The molecule has 0 heterocycles. The third-order valence-electron chi connectivity index (χ3n) is 11.0. The molecule has 0 aliphatic heterocycles. The van der Waals surface area contributed by atoms with Gasteiger partial charge in [0.1, 0.15) is 6.61 Å². The zero-order valence-electron chi connectivity index (χ0n) is 40.0. The number of esters is 2. The van der Waals surface area contributed by atoms with Crippen molar-refractivity contribution in [2.75, 3.05) is 19.8 Å². The van der Waals surface area contributed by atoms with Crippen LogP contribution in [0, 0.1) is 0 Å². The van der Waals surface area contributed by atoms with Crippen LogP contribution in [0.2, 0.25) is 0 Å². The molecule has 0 bridgehead atoms. The van der Waals surface area contributed by atoms with Gasteiger partial charge in [-0.05, 0) is 83.5 Å². The summed E-state index contributed by atoms with van der Waals surface area (Å²) in [6.07, 6.45) is 63.7. The Labute approximate surface area is 373 Å². The van der Waals surface area contributed by atoms with Crippen molar-refractivity contribution in [3.63, 3.8) is 0 Å². The Hall–Kier alpha value is -2.40. The highest BCUT2D eigenvalue weighted by atomic mass is 16.6. The van der Waals surface area contributed by atoms with Gasteiger partial charge in [0.2, 0.25) is 0 Å². The van der Waals surface area contributed by atoms with Crippen molar-refractivity contribution >= 4 is 11.9 Å². The van der Waals surface area contributed by atoms with Crippen LogP contribution >= 0.6 is 0 Å². The van der Waals surface area contributed by atoms with Crippen molar-refractivity contribution < 1.29 is 23.8 Å². The van der Waals surface area contributed by atoms with E-state index in [0.29, 0.717) is 19.4 Å². The van der Waals surface area contributed by atoms with Crippen LogP contribution in [-0.4, -0.2) is 37.9 Å². The van der Waals surface area contributed by atoms with Crippen LogP contribution < -0.4 is 0 Å². The summed E-state index contributed by atoms with van der Waals surface area (Å²) in [5, 5.41) is 0. The van der Waals surface area contributed by atoms with E-state index < -0.39 is 6.10 Å². The van der Waals surface area contributed by atoms with Crippen LogP contribution in [0.5, 0.6) is 0 Å². The molecule has 0 spiro atoms. The first kappa shape index (κ1) is 57.6. The van der Waals surface area contributed by atoms with Crippen molar-refractivity contribution in [3.05, 3.63) is 60.8 Å². The van der Waals surface area contributed by atoms with E-state index in [-0.39, 0.29) is 25.2 Å². The maximum atomic E-state index is 12.8. The van der Waals surface area contributed by atoms with Gasteiger partial charge in [0.05, 0.1) is 6.61 Å². The Bertz CT molecular complexity index is 1040. The summed E-state index contributed by atoms with van der Waals surface area (Å²) in [4.78, 5) is 25.4. The molecule has 1 atom stereocenters. The highest BCUT2D eigenvalue weighted by molar-refractivity contribution is 5.70. The largest absolute Gasteiger partial charge is 0.462 e. The Kier molecular flexibility index (Phi) is 48.9. The average molecular weight is 839 g/mol. The van der Waals surface area contributed by atoms with Crippen molar-refractivity contribution in [1.82, 2.24) is 0 Å². The number of carbonyl (C=O) groups is 2. The minimum Gasteiger partial charge on any atom is -0.462 e. The van der Waals surface area contributed by atoms with E-state index in [1.807, 2.05) is 0 Å². The topological polar surface area (TPSA) is 61.8 Å². The van der Waals surface area contributed by atoms with Gasteiger partial charge in [0.15, 0.2) is 6.10 Å². The van der Waals surface area contributed by atoms with Crippen LogP contribution in [0.1, 0.15) is 252 Å². The molecule has 0 aromatic heterocycles. The molecule has 0 saturated carbocycles. The molecule has 0 fully saturated rings. The van der Waals surface area contributed by atoms with Gasteiger partial charge in [-0.2, -0.15) is 0 Å². The van der Waals surface area contributed by atoms with Gasteiger partial charge in [0.25, 0.3) is 0 Å². The SMILES string of the molecule is CC/C=C\C/C=C\C/C=C\C/C=C\CCCCCCCCC(=O)OCC(COCCCCCCCC/C=C\CCCCCC)OC(=O)CCCCCCCCCCCCC. The Morgan fingerprint density at radius 2 is 0.750 bits per heavy atom. The molecule has 0 saturated heterocycles. The molecule has 0 amide bonds. The molecule has 5 heteroatoms. The second-order valence-corrected chi connectivity index (χ2v) is 17.0. The Morgan fingerprint density at radius 3 is 1.23 bits per heavy atom. The number of rotatable bonds is 47. The minimum atomic E-state index is -0.543. The first-order chi connectivity index (χ1) is 29.6. The van der Waals surface area contributed by atoms with Gasteiger partial charge >= 0.3 is 11.9 Å². The van der Waals surface area contributed by atoms with Gasteiger partial charge in [-0.25, -0.2) is 0 Å². The van der Waals surface area contributed by atoms with Gasteiger partial charge < -0.3 is 14.2 Å². The fourth-order valence-corrected chi connectivity index (χ4v) is 7.20. The van der Waals surface area contributed by atoms with Crippen LogP contribution in [0.4, 0.5) is 0 Å². The Balaban J connectivity index is 4.25. The number of carbonyl (C=O) groups excluding carboxylic acids is 2. The van der Waals surface area contributed by atoms with Gasteiger partial charge in [-0.15, -0.1) is 0 Å². The zero-order chi connectivity index (χ0) is 43.5. The van der Waals surface area contributed by atoms with E-state index in [1.165, 1.54) is 141 Å². The summed E-state index contributed by atoms with van der Waals surface area (Å²) >= 11 is 0. The van der Waals surface area contributed by atoms with E-state index in [4.69, 9.17) is 14.2 Å². The normalized spacial score (nSPS) is 12.7. The summed E-state index contributed by atoms with van der Waals surface area (Å²) in [6, 6.07) is 0. The maximum absolute atomic E-state index is 12.8. The lowest BCUT2D eigenvalue weighted by atomic mass is 10.1. The lowest BCUT2D eigenvalue weighted by molar-refractivity contribution is -0.163. The average Bonchev–Trinajstić information content (AvgIpc) is 3.25. The zero-order valence-corrected chi connectivity index (χ0v) is 40.0. The van der Waals surface area contributed by atoms with E-state index in [9.17, 15) is 9.59 Å². The van der Waals surface area contributed by atoms with E-state index >= 15 is 0 Å². The van der Waals surface area contributed by atoms with E-state index in [2.05, 4.69) is 81.5 Å². The quantitative estimate of drug-likeness (QED) is 0.0347. The van der Waals surface area contributed by atoms with Crippen molar-refractivity contribution in [2.45, 2.75) is 258 Å². The number of hydrogen-bond acceptors (Lipinski definition) is 5. The van der Waals surface area contributed by atoms with Crippen molar-refractivity contribution in [2.24, 2.45) is 0 Å². The van der Waals surface area contributed by atoms with E-state index in [0.717, 1.165) is 77.0 Å². The third kappa shape index (κ3) is 48.3. The van der Waals surface area contributed by atoms with Crippen LogP contribution in [0.3, 0.4) is 0 Å². The van der Waals surface area contributed by atoms with Gasteiger partial charge in [-0.3, -0.25) is 9.59 Å². The molecule has 348 valence electrons. The molecule has 0 aromatic carbocycles. The molecular formula is C55H98O5. The lowest BCUT2D eigenvalue weighted by Gasteiger charge is -2.18. The second-order valence-electron chi connectivity index (χ2n) is 17.0. The molecule has 0 radical (unpaired) electrons. The number of allylic oxidation sites excluding steroid dienone is 10. The van der Waals surface area contributed by atoms with Gasteiger partial charge in [0, 0.05) is 19.4 Å². The summed E-state index contributed by atoms with van der Waals surface area (Å²) in [6.45, 7) is 7.69. The molecule has 0 rings (SSSR count). The van der Waals surface area contributed by atoms with Crippen LogP contribution in [0.25, 0.3) is 0 Å². The molecule has 0 N–H and O–H groups in total. The highest BCUT2D eigenvalue weighted by Gasteiger charge is 2.17. The fraction of sp³-hybridized carbons (Fsp3) is 0.782. The summed E-state index contributed by atoms with van der Waals surface area (Å²) in [5.41, 5.74) is 0. The smallest absolute Gasteiger partial charge is 0.306 e. The standard InChI is InChI=1S/C55H98O5/c1-4-7-10-13-16-19-22-24-26-27-28-29-30-31-34-36-39-42-45-48-54(56)59-52-53(60-55(57)49-46-43-40-37-33-21-18-15-12-9-6-3)51-58-50-47-44-41-38-35-32-25-23-20-17-14-11-8-5-2/h7,10,16,19-20,23-24,26,28-29,53H,4-6,8-9,11-15,17-18,21-22,25,27,30-52H2,1-3H3/b10-7-,19-16-,23-20-,26-24-,29-28-. The second kappa shape index (κ2) is 51.0. The molecule has 1 unspecified atom stereocenters.